The maximum absolute atomic E-state index is 12.0. The van der Waals surface area contributed by atoms with Gasteiger partial charge in [-0.1, -0.05) is 44.2 Å². The molecule has 0 heterocycles. The number of nitrogens with one attached hydrogen (secondary N) is 1. The molecule has 1 rings (SSSR count). The van der Waals surface area contributed by atoms with Crippen LogP contribution in [-0.4, -0.2) is 35.1 Å². The number of carbonyl (C=O) groups is 1. The minimum absolute atomic E-state index is 0.243. The van der Waals surface area contributed by atoms with Crippen molar-refractivity contribution >= 4 is 13.0 Å². The van der Waals surface area contributed by atoms with Crippen LogP contribution in [0.15, 0.2) is 30.3 Å². The molecule has 0 saturated carbocycles. The van der Waals surface area contributed by atoms with Crippen LogP contribution in [0.3, 0.4) is 0 Å². The van der Waals surface area contributed by atoms with Gasteiger partial charge >= 0.3 is 7.12 Å². The Balaban J connectivity index is 2.55. The Labute approximate surface area is 120 Å². The van der Waals surface area contributed by atoms with Gasteiger partial charge in [-0.05, 0) is 24.3 Å². The van der Waals surface area contributed by atoms with Crippen molar-refractivity contribution in [2.45, 2.75) is 38.7 Å². The largest absolute Gasteiger partial charge is 0.475 e. The molecular weight excluding hydrogens is 255 g/mol. The molecule has 1 aromatic rings. The standard InChI is InChI=1S/C14H23BN2O3/c1-10(2)8-13(15(19)20)17-14(18)12(16)9-11-6-4-3-5-7-11/h3-7,10,12-13,19-20H,8-9,16H2,1-2H3,(H,17,18)/t12-,13?/m0/s1. The summed E-state index contributed by atoms with van der Waals surface area (Å²) >= 11 is 0. The average Bonchev–Trinajstić information content (AvgIpc) is 2.38. The highest BCUT2D eigenvalue weighted by Crippen LogP contribution is 2.07. The molecule has 1 amide bonds. The van der Waals surface area contributed by atoms with E-state index in [1.165, 1.54) is 0 Å². The van der Waals surface area contributed by atoms with Gasteiger partial charge in [0.25, 0.3) is 0 Å². The van der Waals surface area contributed by atoms with E-state index in [2.05, 4.69) is 5.32 Å². The number of hydrogen-bond acceptors (Lipinski definition) is 4. The third-order valence-corrected chi connectivity index (χ3v) is 3.05. The Bertz CT molecular complexity index is 412. The van der Waals surface area contributed by atoms with Gasteiger partial charge in [0, 0.05) is 0 Å². The molecule has 0 radical (unpaired) electrons. The van der Waals surface area contributed by atoms with Crippen molar-refractivity contribution in [1.82, 2.24) is 5.32 Å². The average molecular weight is 278 g/mol. The minimum atomic E-state index is -1.58. The predicted molar refractivity (Wildman–Crippen MR) is 79.7 cm³/mol. The van der Waals surface area contributed by atoms with Crippen LogP contribution < -0.4 is 11.1 Å². The van der Waals surface area contributed by atoms with Crippen LogP contribution in [0.5, 0.6) is 0 Å². The van der Waals surface area contributed by atoms with E-state index in [1.54, 1.807) is 0 Å². The summed E-state index contributed by atoms with van der Waals surface area (Å²) in [6, 6.07) is 8.78. The first kappa shape index (κ1) is 16.7. The van der Waals surface area contributed by atoms with E-state index in [1.807, 2.05) is 44.2 Å². The third-order valence-electron chi connectivity index (χ3n) is 3.05. The molecule has 110 valence electrons. The molecule has 2 atom stereocenters. The number of rotatable bonds is 7. The summed E-state index contributed by atoms with van der Waals surface area (Å²) in [5.74, 6) is -0.815. The van der Waals surface area contributed by atoms with Gasteiger partial charge in [-0.25, -0.2) is 0 Å². The molecule has 0 saturated heterocycles. The van der Waals surface area contributed by atoms with E-state index in [9.17, 15) is 14.8 Å². The van der Waals surface area contributed by atoms with Gasteiger partial charge in [-0.15, -0.1) is 0 Å². The summed E-state index contributed by atoms with van der Waals surface area (Å²) in [7, 11) is -1.58. The van der Waals surface area contributed by atoms with Crippen molar-refractivity contribution in [1.29, 1.82) is 0 Å². The maximum Gasteiger partial charge on any atom is 0.475 e. The van der Waals surface area contributed by atoms with Gasteiger partial charge in [0.2, 0.25) is 5.91 Å². The van der Waals surface area contributed by atoms with Crippen LogP contribution in [0.1, 0.15) is 25.8 Å². The minimum Gasteiger partial charge on any atom is -0.426 e. The Hall–Kier alpha value is -1.37. The normalized spacial score (nSPS) is 13.9. The maximum atomic E-state index is 12.0. The summed E-state index contributed by atoms with van der Waals surface area (Å²) in [6.45, 7) is 3.90. The quantitative estimate of drug-likeness (QED) is 0.532. The number of benzene rings is 1. The third kappa shape index (κ3) is 5.73. The molecule has 0 aliphatic carbocycles. The highest BCUT2D eigenvalue weighted by atomic mass is 16.4. The fourth-order valence-corrected chi connectivity index (χ4v) is 2.01. The fraction of sp³-hybridized carbons (Fsp3) is 0.500. The highest BCUT2D eigenvalue weighted by Gasteiger charge is 2.27. The second-order valence-corrected chi connectivity index (χ2v) is 5.45. The number of amides is 1. The molecule has 0 spiro atoms. The summed E-state index contributed by atoms with van der Waals surface area (Å²) in [6.07, 6.45) is 0.907. The first-order chi connectivity index (χ1) is 9.40. The van der Waals surface area contributed by atoms with Gasteiger partial charge in [-0.2, -0.15) is 0 Å². The smallest absolute Gasteiger partial charge is 0.426 e. The summed E-state index contributed by atoms with van der Waals surface area (Å²) in [4.78, 5) is 12.0. The second kappa shape index (κ2) is 8.04. The van der Waals surface area contributed by atoms with Crippen LogP contribution >= 0.6 is 0 Å². The van der Waals surface area contributed by atoms with Crippen molar-refractivity contribution in [2.24, 2.45) is 11.7 Å². The van der Waals surface area contributed by atoms with E-state index in [0.29, 0.717) is 12.8 Å². The zero-order valence-corrected chi connectivity index (χ0v) is 12.0. The first-order valence-electron chi connectivity index (χ1n) is 6.86. The Kier molecular flexibility index (Phi) is 6.71. The van der Waals surface area contributed by atoms with Gasteiger partial charge < -0.3 is 21.1 Å². The monoisotopic (exact) mass is 278 g/mol. The van der Waals surface area contributed by atoms with Crippen LogP contribution in [0, 0.1) is 5.92 Å². The van der Waals surface area contributed by atoms with Gasteiger partial charge in [0.15, 0.2) is 0 Å². The van der Waals surface area contributed by atoms with Crippen LogP contribution in [0.2, 0.25) is 0 Å². The topological polar surface area (TPSA) is 95.6 Å². The molecule has 5 N–H and O–H groups in total. The number of carbonyl (C=O) groups excluding carboxylic acids is 1. The van der Waals surface area contributed by atoms with E-state index >= 15 is 0 Å². The molecule has 1 aromatic carbocycles. The molecule has 20 heavy (non-hydrogen) atoms. The molecule has 1 unspecified atom stereocenters. The van der Waals surface area contributed by atoms with Crippen molar-refractivity contribution in [3.63, 3.8) is 0 Å². The Morgan fingerprint density at radius 2 is 1.90 bits per heavy atom. The molecule has 0 aromatic heterocycles. The number of nitrogens with two attached hydrogens (primary N) is 1. The predicted octanol–water partition coefficient (Wildman–Crippen LogP) is 0.0993. The molecule has 6 heteroatoms. The zero-order chi connectivity index (χ0) is 15.1. The molecule has 0 aliphatic rings. The summed E-state index contributed by atoms with van der Waals surface area (Å²) < 4.78 is 0. The lowest BCUT2D eigenvalue weighted by Crippen LogP contribution is -2.52. The lowest BCUT2D eigenvalue weighted by atomic mass is 9.75. The highest BCUT2D eigenvalue weighted by molar-refractivity contribution is 6.43. The van der Waals surface area contributed by atoms with Crippen molar-refractivity contribution in [3.05, 3.63) is 35.9 Å². The summed E-state index contributed by atoms with van der Waals surface area (Å²) in [5.41, 5.74) is 6.83. The van der Waals surface area contributed by atoms with E-state index < -0.39 is 19.1 Å². The molecular formula is C14H23BN2O3. The second-order valence-electron chi connectivity index (χ2n) is 5.45. The van der Waals surface area contributed by atoms with Crippen LogP contribution in [-0.2, 0) is 11.2 Å². The summed E-state index contributed by atoms with van der Waals surface area (Å²) in [5, 5.41) is 21.2. The number of hydrogen-bond donors (Lipinski definition) is 4. The van der Waals surface area contributed by atoms with Gasteiger partial charge in [-0.3, -0.25) is 4.79 Å². The van der Waals surface area contributed by atoms with Crippen LogP contribution in [0.25, 0.3) is 0 Å². The Morgan fingerprint density at radius 3 is 2.40 bits per heavy atom. The molecule has 0 aliphatic heterocycles. The fourth-order valence-electron chi connectivity index (χ4n) is 2.01. The molecule has 0 bridgehead atoms. The Morgan fingerprint density at radius 1 is 1.30 bits per heavy atom. The molecule has 0 fully saturated rings. The lowest BCUT2D eigenvalue weighted by molar-refractivity contribution is -0.122. The van der Waals surface area contributed by atoms with E-state index in [0.717, 1.165) is 5.56 Å². The first-order valence-corrected chi connectivity index (χ1v) is 6.86. The van der Waals surface area contributed by atoms with Crippen molar-refractivity contribution < 1.29 is 14.8 Å². The molecule has 5 nitrogen and oxygen atoms in total. The lowest BCUT2D eigenvalue weighted by Gasteiger charge is -2.21. The van der Waals surface area contributed by atoms with E-state index in [4.69, 9.17) is 5.73 Å². The van der Waals surface area contributed by atoms with E-state index in [-0.39, 0.29) is 11.8 Å². The van der Waals surface area contributed by atoms with Crippen LogP contribution in [0.4, 0.5) is 0 Å². The van der Waals surface area contributed by atoms with Gasteiger partial charge in [0.1, 0.15) is 0 Å². The van der Waals surface area contributed by atoms with Gasteiger partial charge in [0.05, 0.1) is 12.0 Å². The van der Waals surface area contributed by atoms with Crippen molar-refractivity contribution in [3.8, 4) is 0 Å². The van der Waals surface area contributed by atoms with Crippen molar-refractivity contribution in [2.75, 3.05) is 0 Å². The zero-order valence-electron chi connectivity index (χ0n) is 12.0. The SMILES string of the molecule is CC(C)CC(NC(=O)[C@@H](N)Cc1ccccc1)B(O)O.